The van der Waals surface area contributed by atoms with Crippen molar-refractivity contribution < 1.29 is 18.9 Å². The molecule has 2 atom stereocenters. The summed E-state index contributed by atoms with van der Waals surface area (Å²) in [6, 6.07) is 119. The molecule has 0 aliphatic heterocycles. The lowest BCUT2D eigenvalue weighted by atomic mass is 9.67. The number of methoxy groups -OCH3 is 2. The van der Waals surface area contributed by atoms with Gasteiger partial charge >= 0.3 is 0 Å². The summed E-state index contributed by atoms with van der Waals surface area (Å²) < 4.78 is 24.7. The van der Waals surface area contributed by atoms with E-state index in [1.807, 2.05) is 0 Å². The molecule has 0 saturated heterocycles. The van der Waals surface area contributed by atoms with E-state index in [1.165, 1.54) is 66.8 Å². The summed E-state index contributed by atoms with van der Waals surface area (Å²) in [4.78, 5) is 4.77. The van der Waals surface area contributed by atoms with Crippen LogP contribution in [-0.4, -0.2) is 14.2 Å². The predicted molar refractivity (Wildman–Crippen MR) is 397 cm³/mol. The number of nitrogens with zero attached hydrogens (tertiary/aromatic N) is 2. The smallest absolute Gasteiger partial charge is 0.127 e. The Morgan fingerprint density at radius 3 is 0.888 bits per heavy atom. The minimum Gasteiger partial charge on any atom is -0.497 e. The van der Waals surface area contributed by atoms with Gasteiger partial charge in [-0.05, 0) is 271 Å². The summed E-state index contributed by atoms with van der Waals surface area (Å²) in [7, 11) is 3.46. The Morgan fingerprint density at radius 2 is 0.541 bits per heavy atom. The van der Waals surface area contributed by atoms with E-state index in [0.717, 1.165) is 128 Å². The van der Waals surface area contributed by atoms with Crippen LogP contribution in [0.4, 0.5) is 34.1 Å². The van der Waals surface area contributed by atoms with E-state index >= 15 is 0 Å². The van der Waals surface area contributed by atoms with Gasteiger partial charge in [0.05, 0.1) is 25.0 Å². The molecule has 98 heavy (non-hydrogen) atoms. The molecule has 0 N–H and O–H groups in total. The summed E-state index contributed by atoms with van der Waals surface area (Å²) in [5.74, 6) is 4.97. The van der Waals surface area contributed by atoms with Gasteiger partial charge in [0, 0.05) is 34.1 Å². The summed E-state index contributed by atoms with van der Waals surface area (Å²) in [6.07, 6.45) is 4.48. The molecule has 6 nitrogen and oxygen atoms in total. The fraction of sp³-hybridized carbons (Fsp3) is 0.0870. The lowest BCUT2D eigenvalue weighted by Crippen LogP contribution is -2.28. The molecule has 0 saturated carbocycles. The normalized spacial score (nSPS) is 15.6. The number of fused-ring (bicyclic) bond motifs is 8. The van der Waals surface area contributed by atoms with Crippen molar-refractivity contribution >= 4 is 34.1 Å². The molecule has 6 heteroatoms. The lowest BCUT2D eigenvalue weighted by Gasteiger charge is -2.35. The summed E-state index contributed by atoms with van der Waals surface area (Å²) in [5.41, 5.74) is 27.0. The Balaban J connectivity index is 0.700. The Hall–Kier alpha value is -12.1. The molecule has 0 spiro atoms. The van der Waals surface area contributed by atoms with E-state index in [9.17, 15) is 0 Å². The monoisotopic (exact) mass is 1260 g/mol. The van der Waals surface area contributed by atoms with E-state index in [0.29, 0.717) is 0 Å². The van der Waals surface area contributed by atoms with Gasteiger partial charge in [-0.1, -0.05) is 182 Å². The second kappa shape index (κ2) is 24.0. The van der Waals surface area contributed by atoms with Gasteiger partial charge in [-0.2, -0.15) is 0 Å². The minimum atomic E-state index is -0.683. The van der Waals surface area contributed by atoms with Crippen LogP contribution < -0.4 is 28.7 Å². The number of rotatable bonds is 17. The first-order valence-corrected chi connectivity index (χ1v) is 33.9. The van der Waals surface area contributed by atoms with Crippen LogP contribution in [0.5, 0.6) is 34.5 Å². The third-order valence-corrected chi connectivity index (χ3v) is 21.0. The van der Waals surface area contributed by atoms with Gasteiger partial charge in [-0.25, -0.2) is 0 Å². The molecule has 0 radical (unpaired) electrons. The van der Waals surface area contributed by atoms with Crippen LogP contribution >= 0.6 is 0 Å². The summed E-state index contributed by atoms with van der Waals surface area (Å²) in [5, 5.41) is 0. The van der Waals surface area contributed by atoms with Crippen LogP contribution in [0.1, 0.15) is 66.8 Å². The van der Waals surface area contributed by atoms with Crippen LogP contribution in [0, 0.1) is 0 Å². The van der Waals surface area contributed by atoms with Crippen LogP contribution in [0.3, 0.4) is 0 Å². The number of ether oxygens (including phenoxy) is 4. The summed E-state index contributed by atoms with van der Waals surface area (Å²) in [6.45, 7) is 0. The first-order chi connectivity index (χ1) is 48.4. The molecular formula is C92H68N2O4. The van der Waals surface area contributed by atoms with Gasteiger partial charge < -0.3 is 28.7 Å². The highest BCUT2D eigenvalue weighted by Crippen LogP contribution is 2.60. The van der Waals surface area contributed by atoms with Crippen LogP contribution in [0.15, 0.2) is 328 Å². The van der Waals surface area contributed by atoms with E-state index < -0.39 is 10.8 Å². The van der Waals surface area contributed by atoms with Crippen molar-refractivity contribution in [2.75, 3.05) is 24.0 Å². The largest absolute Gasteiger partial charge is 0.497 e. The number of hydrogen-bond acceptors (Lipinski definition) is 6. The van der Waals surface area contributed by atoms with Gasteiger partial charge in [0.25, 0.3) is 0 Å². The third-order valence-electron chi connectivity index (χ3n) is 21.0. The highest BCUT2D eigenvalue weighted by Gasteiger charge is 2.48. The fourth-order valence-corrected chi connectivity index (χ4v) is 16.0. The number of aryl methyl sites for hydroxylation is 4. The van der Waals surface area contributed by atoms with E-state index in [2.05, 4.69) is 337 Å². The Morgan fingerprint density at radius 1 is 0.235 bits per heavy atom. The van der Waals surface area contributed by atoms with Crippen molar-refractivity contribution in [2.45, 2.75) is 36.5 Å². The average Bonchev–Trinajstić information content (AvgIpc) is 1.53. The molecule has 4 aliphatic rings. The van der Waals surface area contributed by atoms with Crippen molar-refractivity contribution in [3.8, 4) is 67.9 Å². The van der Waals surface area contributed by atoms with Crippen LogP contribution in [0.25, 0.3) is 33.4 Å². The predicted octanol–water partition coefficient (Wildman–Crippen LogP) is 22.8. The number of anilines is 6. The van der Waals surface area contributed by atoms with Crippen molar-refractivity contribution in [2.24, 2.45) is 0 Å². The second-order valence-electron chi connectivity index (χ2n) is 26.1. The van der Waals surface area contributed by atoms with Gasteiger partial charge in [0.2, 0.25) is 0 Å². The maximum atomic E-state index is 6.55. The van der Waals surface area contributed by atoms with Gasteiger partial charge in [-0.15, -0.1) is 0 Å². The van der Waals surface area contributed by atoms with Crippen LogP contribution in [0.2, 0.25) is 0 Å². The molecule has 14 aromatic rings. The molecule has 18 rings (SSSR count). The van der Waals surface area contributed by atoms with Crippen molar-refractivity contribution in [1.82, 2.24) is 0 Å². The molecule has 4 aliphatic carbocycles. The van der Waals surface area contributed by atoms with Crippen molar-refractivity contribution in [3.05, 3.63) is 394 Å². The molecular weight excluding hydrogens is 1200 g/mol. The molecule has 0 heterocycles. The van der Waals surface area contributed by atoms with E-state index in [-0.39, 0.29) is 0 Å². The number of para-hydroxylation sites is 2. The number of benzene rings is 14. The second-order valence-corrected chi connectivity index (χ2v) is 26.1. The molecule has 14 aromatic carbocycles. The van der Waals surface area contributed by atoms with E-state index in [4.69, 9.17) is 18.9 Å². The zero-order valence-corrected chi connectivity index (χ0v) is 54.5. The first kappa shape index (κ1) is 58.5. The first-order valence-electron chi connectivity index (χ1n) is 33.9. The minimum absolute atomic E-state index is 0.683. The standard InChI is InChI=1S/C92H68N2O4/c1-95-77-47-31-67(32-48-77)91(69-35-51-79(52-36-69)97-81-45-29-63-21-23-65(63)57-81)87-19-11-9-17-83(87)85-55-43-75(59-89(85)91)93(71-13-5-3-6-14-71)73-39-25-61(26-40-73)62-27-41-74(42-28-62)94(72-15-7-4-8-16-72)76-44-56-86-84-18-10-12-20-88(84)92(90(86)60-76,68-33-49-78(96-2)50-34-68)70-37-53-80(54-38-70)98-82-46-30-64-22-24-66(64)58-82/h3-20,25-60H,21-24H2,1-2H3/t91-,92?/m0/s1. The zero-order valence-electron chi connectivity index (χ0n) is 54.5. The lowest BCUT2D eigenvalue weighted by molar-refractivity contribution is 0.414. The molecule has 0 bridgehead atoms. The van der Waals surface area contributed by atoms with E-state index in [1.54, 1.807) is 14.2 Å². The SMILES string of the molecule is COc1ccc(C2(c3ccc(Oc4ccc5c(c4)CC5)cc3)c3ccccc3-c3ccc(N(c4ccccc4)c4ccc(-c5ccc(N(c6ccccc6)c6ccc7c(c6)[C@@](c6ccc(OC)cc6)(c6ccc(Oc8ccc9c(c8)CC9)cc6)c6ccccc6-7)cc5)cc4)cc32)cc1. The Bertz CT molecular complexity index is 4990. The third kappa shape index (κ3) is 9.69. The molecule has 470 valence electrons. The molecule has 0 amide bonds. The number of hydrogen-bond donors (Lipinski definition) is 0. The molecule has 0 fully saturated rings. The maximum Gasteiger partial charge on any atom is 0.127 e. The maximum absolute atomic E-state index is 6.55. The van der Waals surface area contributed by atoms with Crippen molar-refractivity contribution in [1.29, 1.82) is 0 Å². The van der Waals surface area contributed by atoms with Crippen molar-refractivity contribution in [3.63, 3.8) is 0 Å². The Kier molecular flexibility index (Phi) is 14.3. The quantitative estimate of drug-likeness (QED) is 0.0905. The van der Waals surface area contributed by atoms with Gasteiger partial charge in [0.15, 0.2) is 0 Å². The fourth-order valence-electron chi connectivity index (χ4n) is 16.0. The zero-order chi connectivity index (χ0) is 65.3. The summed E-state index contributed by atoms with van der Waals surface area (Å²) >= 11 is 0. The highest BCUT2D eigenvalue weighted by molar-refractivity contribution is 5.92. The van der Waals surface area contributed by atoms with Gasteiger partial charge in [0.1, 0.15) is 34.5 Å². The highest BCUT2D eigenvalue weighted by atomic mass is 16.5. The topological polar surface area (TPSA) is 43.4 Å². The average molecular weight is 1270 g/mol. The molecule has 0 aromatic heterocycles. The molecule has 1 unspecified atom stereocenters. The Labute approximate surface area is 572 Å². The van der Waals surface area contributed by atoms with Gasteiger partial charge in [-0.3, -0.25) is 0 Å². The van der Waals surface area contributed by atoms with Crippen LogP contribution in [-0.2, 0) is 36.5 Å².